The van der Waals surface area contributed by atoms with Crippen LogP contribution in [0.2, 0.25) is 0 Å². The van der Waals surface area contributed by atoms with Crippen molar-refractivity contribution in [3.8, 4) is 11.1 Å². The van der Waals surface area contributed by atoms with Gasteiger partial charge in [0.1, 0.15) is 0 Å². The Morgan fingerprint density at radius 1 is 0.868 bits per heavy atom. The molecule has 0 radical (unpaired) electrons. The number of aromatic nitrogens is 4. The van der Waals surface area contributed by atoms with Gasteiger partial charge in [0.2, 0.25) is 5.95 Å². The molecule has 2 heterocycles. The zero-order chi connectivity index (χ0) is 26.3. The highest BCUT2D eigenvalue weighted by Crippen LogP contribution is 2.26. The zero-order valence-corrected chi connectivity index (χ0v) is 23.0. The van der Waals surface area contributed by atoms with Gasteiger partial charge in [-0.25, -0.2) is 4.98 Å². The van der Waals surface area contributed by atoms with E-state index in [4.69, 9.17) is 9.97 Å². The predicted molar refractivity (Wildman–Crippen MR) is 158 cm³/mol. The average molecular weight is 512 g/mol. The summed E-state index contributed by atoms with van der Waals surface area (Å²) in [5, 5.41) is 10.9. The summed E-state index contributed by atoms with van der Waals surface area (Å²) >= 11 is 0. The van der Waals surface area contributed by atoms with Crippen LogP contribution in [-0.2, 0) is 6.42 Å². The van der Waals surface area contributed by atoms with Crippen LogP contribution in [0.1, 0.15) is 64.5 Å². The Hall–Kier alpha value is -3.45. The van der Waals surface area contributed by atoms with Crippen LogP contribution in [0, 0.1) is 0 Å². The van der Waals surface area contributed by atoms with E-state index in [-0.39, 0.29) is 6.04 Å². The Balaban J connectivity index is 1.26. The first kappa shape index (κ1) is 26.2. The Morgan fingerprint density at radius 3 is 2.29 bits per heavy atom. The molecular weight excluding hydrogens is 470 g/mol. The van der Waals surface area contributed by atoms with Gasteiger partial charge in [0.15, 0.2) is 17.0 Å². The van der Waals surface area contributed by atoms with Gasteiger partial charge in [-0.3, -0.25) is 0 Å². The molecule has 0 spiro atoms. The van der Waals surface area contributed by atoms with Gasteiger partial charge in [-0.05, 0) is 75.6 Å². The number of benzene rings is 2. The standard InChI is InChI=1S/C31H41N7/c1-4-19-32-26-14-16-27(17-15-26)35-31-36-29(28-30(37-31)38(21-34-28)22(2)3)33-20-18-23-10-12-25(13-11-23)24-8-6-5-7-9-24/h5-13,21-22,26-27,32H,4,14-20H2,1-3H3,(H2,33,35,36,37). The fourth-order valence-electron chi connectivity index (χ4n) is 5.27. The van der Waals surface area contributed by atoms with Gasteiger partial charge in [-0.15, -0.1) is 0 Å². The van der Waals surface area contributed by atoms with Gasteiger partial charge >= 0.3 is 0 Å². The number of rotatable bonds is 11. The maximum absolute atomic E-state index is 4.91. The molecule has 0 unspecified atom stereocenters. The second-order valence-corrected chi connectivity index (χ2v) is 10.7. The summed E-state index contributed by atoms with van der Waals surface area (Å²) in [6.45, 7) is 8.43. The van der Waals surface area contributed by atoms with Crippen LogP contribution in [0.25, 0.3) is 22.3 Å². The predicted octanol–water partition coefficient (Wildman–Crippen LogP) is 6.45. The maximum Gasteiger partial charge on any atom is 0.227 e. The lowest BCUT2D eigenvalue weighted by Crippen LogP contribution is -2.37. The van der Waals surface area contributed by atoms with E-state index < -0.39 is 0 Å². The third-order valence-corrected chi connectivity index (χ3v) is 7.49. The number of hydrogen-bond acceptors (Lipinski definition) is 6. The molecule has 200 valence electrons. The van der Waals surface area contributed by atoms with Gasteiger partial charge in [-0.1, -0.05) is 61.5 Å². The maximum atomic E-state index is 4.91. The van der Waals surface area contributed by atoms with Gasteiger partial charge in [-0.2, -0.15) is 9.97 Å². The van der Waals surface area contributed by atoms with Crippen molar-refractivity contribution in [2.75, 3.05) is 23.7 Å². The molecular formula is C31H41N7. The van der Waals surface area contributed by atoms with Crippen molar-refractivity contribution in [3.05, 3.63) is 66.5 Å². The van der Waals surface area contributed by atoms with Crippen molar-refractivity contribution in [2.45, 2.75) is 77.4 Å². The number of nitrogens with one attached hydrogen (secondary N) is 3. The summed E-state index contributed by atoms with van der Waals surface area (Å²) in [6.07, 6.45) is 8.62. The Kier molecular flexibility index (Phi) is 8.54. The highest BCUT2D eigenvalue weighted by Gasteiger charge is 2.22. The lowest BCUT2D eigenvalue weighted by Gasteiger charge is -2.29. The summed E-state index contributed by atoms with van der Waals surface area (Å²) in [7, 11) is 0. The van der Waals surface area contributed by atoms with Crippen molar-refractivity contribution in [1.82, 2.24) is 24.8 Å². The van der Waals surface area contributed by atoms with Gasteiger partial charge in [0.05, 0.1) is 6.33 Å². The topological polar surface area (TPSA) is 79.7 Å². The first-order chi connectivity index (χ1) is 18.6. The third-order valence-electron chi connectivity index (χ3n) is 7.49. The van der Waals surface area contributed by atoms with E-state index in [1.165, 1.54) is 36.0 Å². The molecule has 3 N–H and O–H groups in total. The van der Waals surface area contributed by atoms with E-state index in [1.807, 2.05) is 6.33 Å². The Morgan fingerprint density at radius 2 is 1.58 bits per heavy atom. The zero-order valence-electron chi connectivity index (χ0n) is 23.0. The van der Waals surface area contributed by atoms with Gasteiger partial charge < -0.3 is 20.5 Å². The average Bonchev–Trinajstić information content (AvgIpc) is 3.38. The number of hydrogen-bond donors (Lipinski definition) is 3. The first-order valence-corrected chi connectivity index (χ1v) is 14.2. The van der Waals surface area contributed by atoms with E-state index in [1.54, 1.807) is 0 Å². The van der Waals surface area contributed by atoms with E-state index >= 15 is 0 Å². The summed E-state index contributed by atoms with van der Waals surface area (Å²) in [6, 6.07) is 20.6. The third kappa shape index (κ3) is 6.33. The monoisotopic (exact) mass is 511 g/mol. The molecule has 1 aliphatic rings. The highest BCUT2D eigenvalue weighted by atomic mass is 15.2. The molecule has 0 saturated heterocycles. The first-order valence-electron chi connectivity index (χ1n) is 14.2. The molecule has 0 bridgehead atoms. The minimum absolute atomic E-state index is 0.277. The van der Waals surface area contributed by atoms with Crippen LogP contribution in [0.4, 0.5) is 11.8 Å². The molecule has 1 fully saturated rings. The Bertz CT molecular complexity index is 1290. The number of imidazole rings is 1. The quantitative estimate of drug-likeness (QED) is 0.215. The highest BCUT2D eigenvalue weighted by molar-refractivity contribution is 5.84. The number of anilines is 2. The van der Waals surface area contributed by atoms with Crippen molar-refractivity contribution >= 4 is 22.9 Å². The summed E-state index contributed by atoms with van der Waals surface area (Å²) in [4.78, 5) is 14.5. The molecule has 7 nitrogen and oxygen atoms in total. The van der Waals surface area contributed by atoms with Crippen LogP contribution in [-0.4, -0.2) is 44.7 Å². The fraction of sp³-hybridized carbons (Fsp3) is 0.452. The normalized spacial score (nSPS) is 17.7. The second-order valence-electron chi connectivity index (χ2n) is 10.7. The molecule has 2 aromatic heterocycles. The van der Waals surface area contributed by atoms with Crippen LogP contribution < -0.4 is 16.0 Å². The van der Waals surface area contributed by atoms with Crippen molar-refractivity contribution < 1.29 is 0 Å². The largest absolute Gasteiger partial charge is 0.368 e. The van der Waals surface area contributed by atoms with E-state index in [0.29, 0.717) is 18.0 Å². The summed E-state index contributed by atoms with van der Waals surface area (Å²) < 4.78 is 2.13. The SMILES string of the molecule is CCCNC1CCC(Nc2nc(NCCc3ccc(-c4ccccc4)cc3)c3ncn(C(C)C)c3n2)CC1. The van der Waals surface area contributed by atoms with Gasteiger partial charge in [0.25, 0.3) is 0 Å². The second kappa shape index (κ2) is 12.4. The summed E-state index contributed by atoms with van der Waals surface area (Å²) in [5.74, 6) is 1.50. The molecule has 1 aliphatic carbocycles. The summed E-state index contributed by atoms with van der Waals surface area (Å²) in [5.41, 5.74) is 5.49. The van der Waals surface area contributed by atoms with Crippen molar-refractivity contribution in [1.29, 1.82) is 0 Å². The number of nitrogens with zero attached hydrogens (tertiary/aromatic N) is 4. The van der Waals surface area contributed by atoms with Crippen molar-refractivity contribution in [3.63, 3.8) is 0 Å². The lowest BCUT2D eigenvalue weighted by molar-refractivity contribution is 0.354. The molecule has 7 heteroatoms. The van der Waals surface area contributed by atoms with Gasteiger partial charge in [0, 0.05) is 24.7 Å². The van der Waals surface area contributed by atoms with Crippen LogP contribution >= 0.6 is 0 Å². The molecule has 0 amide bonds. The van der Waals surface area contributed by atoms with Crippen LogP contribution in [0.3, 0.4) is 0 Å². The van der Waals surface area contributed by atoms with E-state index in [9.17, 15) is 0 Å². The minimum Gasteiger partial charge on any atom is -0.368 e. The molecule has 4 aromatic rings. The van der Waals surface area contributed by atoms with E-state index in [2.05, 4.69) is 101 Å². The molecule has 38 heavy (non-hydrogen) atoms. The molecule has 5 rings (SSSR count). The molecule has 2 aromatic carbocycles. The molecule has 0 atom stereocenters. The van der Waals surface area contributed by atoms with Crippen LogP contribution in [0.15, 0.2) is 60.9 Å². The smallest absolute Gasteiger partial charge is 0.227 e. The number of fused-ring (bicyclic) bond motifs is 1. The molecule has 0 aliphatic heterocycles. The Labute approximate surface area is 226 Å². The van der Waals surface area contributed by atoms with Crippen molar-refractivity contribution in [2.24, 2.45) is 0 Å². The minimum atomic E-state index is 0.277. The van der Waals surface area contributed by atoms with E-state index in [0.717, 1.165) is 49.3 Å². The van der Waals surface area contributed by atoms with Crippen LogP contribution in [0.5, 0.6) is 0 Å². The molecule has 1 saturated carbocycles. The lowest BCUT2D eigenvalue weighted by atomic mass is 9.91. The fourth-order valence-corrected chi connectivity index (χ4v) is 5.27.